The molecule has 35 heavy (non-hydrogen) atoms. The number of aliphatic carboxylic acids is 1. The van der Waals surface area contributed by atoms with E-state index in [4.69, 9.17) is 0 Å². The van der Waals surface area contributed by atoms with Gasteiger partial charge in [0.05, 0.1) is 29.8 Å². The molecule has 5 rings (SSSR count). The second-order valence-corrected chi connectivity index (χ2v) is 14.1. The van der Waals surface area contributed by atoms with E-state index in [9.17, 15) is 30.3 Å². The van der Waals surface area contributed by atoms with Gasteiger partial charge in [-0.25, -0.2) is 0 Å². The van der Waals surface area contributed by atoms with Crippen LogP contribution in [0, 0.1) is 51.2 Å². The maximum atomic E-state index is 12.7. The number of fused-ring (bicyclic) bond motifs is 7. The average Bonchev–Trinajstić information content (AvgIpc) is 2.79. The van der Waals surface area contributed by atoms with Gasteiger partial charge in [-0.05, 0) is 92.8 Å². The number of aliphatic hydroxyl groups is 4. The molecule has 0 aliphatic heterocycles. The van der Waals surface area contributed by atoms with Gasteiger partial charge in [0, 0.05) is 11.3 Å². The second kappa shape index (κ2) is 7.78. The van der Waals surface area contributed by atoms with Gasteiger partial charge >= 0.3 is 5.97 Å². The van der Waals surface area contributed by atoms with Crippen LogP contribution in [0.15, 0.2) is 11.6 Å². The lowest BCUT2D eigenvalue weighted by atomic mass is 9.36. The van der Waals surface area contributed by atoms with Crippen molar-refractivity contribution in [3.63, 3.8) is 0 Å². The molecule has 0 spiro atoms. The maximum absolute atomic E-state index is 12.7. The minimum atomic E-state index is -1.06. The van der Waals surface area contributed by atoms with Crippen LogP contribution in [-0.4, -0.2) is 55.9 Å². The topological polar surface area (TPSA) is 118 Å². The van der Waals surface area contributed by atoms with Gasteiger partial charge in [-0.2, -0.15) is 0 Å². The summed E-state index contributed by atoms with van der Waals surface area (Å²) >= 11 is 0. The van der Waals surface area contributed by atoms with Crippen molar-refractivity contribution in [2.45, 2.75) is 104 Å². The van der Waals surface area contributed by atoms with Crippen LogP contribution in [0.5, 0.6) is 0 Å². The van der Waals surface area contributed by atoms with Crippen LogP contribution < -0.4 is 0 Å². The van der Waals surface area contributed by atoms with Crippen LogP contribution in [-0.2, 0) is 4.79 Å². The molecule has 12 atom stereocenters. The van der Waals surface area contributed by atoms with Crippen LogP contribution in [0.3, 0.4) is 0 Å². The molecule has 0 radical (unpaired) electrons. The summed E-state index contributed by atoms with van der Waals surface area (Å²) in [5.41, 5.74) is -1.86. The van der Waals surface area contributed by atoms with E-state index >= 15 is 0 Å². The first kappa shape index (κ1) is 25.7. The molecule has 0 amide bonds. The summed E-state index contributed by atoms with van der Waals surface area (Å²) in [6, 6.07) is 0. The first-order chi connectivity index (χ1) is 16.2. The van der Waals surface area contributed by atoms with Gasteiger partial charge in [-0.15, -0.1) is 0 Å². The first-order valence-electron chi connectivity index (χ1n) is 13.8. The lowest BCUT2D eigenvalue weighted by molar-refractivity contribution is -0.236. The normalized spacial score (nSPS) is 57.7. The highest BCUT2D eigenvalue weighted by Gasteiger charge is 2.69. The summed E-state index contributed by atoms with van der Waals surface area (Å²) in [5.74, 6) is -0.527. The van der Waals surface area contributed by atoms with Crippen LogP contribution in [0.2, 0.25) is 0 Å². The summed E-state index contributed by atoms with van der Waals surface area (Å²) in [6.45, 7) is 10.3. The molecule has 4 fully saturated rings. The van der Waals surface area contributed by atoms with E-state index in [1.54, 1.807) is 0 Å². The Morgan fingerprint density at radius 2 is 1.66 bits per heavy atom. The number of carboxylic acid groups (broad SMARTS) is 1. The second-order valence-electron chi connectivity index (χ2n) is 14.1. The third-order valence-corrected chi connectivity index (χ3v) is 12.8. The number of allylic oxidation sites excluding steroid dienone is 1. The van der Waals surface area contributed by atoms with Gasteiger partial charge in [0.25, 0.3) is 0 Å². The molecule has 6 heteroatoms. The molecule has 5 aliphatic rings. The molecular weight excluding hydrogens is 444 g/mol. The van der Waals surface area contributed by atoms with Crippen molar-refractivity contribution in [3.05, 3.63) is 11.6 Å². The molecule has 0 aromatic rings. The van der Waals surface area contributed by atoms with Gasteiger partial charge < -0.3 is 25.5 Å². The largest absolute Gasteiger partial charge is 0.481 e. The number of carbonyl (C=O) groups is 1. The van der Waals surface area contributed by atoms with Crippen molar-refractivity contribution in [3.8, 4) is 0 Å². The van der Waals surface area contributed by atoms with E-state index in [0.29, 0.717) is 19.3 Å². The Kier molecular flexibility index (Phi) is 5.71. The van der Waals surface area contributed by atoms with E-state index < -0.39 is 34.6 Å². The number of hydrogen-bond acceptors (Lipinski definition) is 5. The van der Waals surface area contributed by atoms with Gasteiger partial charge in [0.15, 0.2) is 0 Å². The number of hydrogen-bond donors (Lipinski definition) is 5. The van der Waals surface area contributed by atoms with Crippen molar-refractivity contribution >= 4 is 5.97 Å². The summed E-state index contributed by atoms with van der Waals surface area (Å²) in [4.78, 5) is 12.7. The van der Waals surface area contributed by atoms with E-state index in [2.05, 4.69) is 26.8 Å². The fraction of sp³-hybridized carbons (Fsp3) is 0.897. The zero-order chi connectivity index (χ0) is 25.8. The zero-order valence-electron chi connectivity index (χ0n) is 22.1. The molecule has 0 unspecified atom stereocenters. The molecule has 0 saturated heterocycles. The lowest BCUT2D eigenvalue weighted by Gasteiger charge is -2.69. The van der Waals surface area contributed by atoms with Gasteiger partial charge in [0.1, 0.15) is 0 Å². The molecule has 0 aromatic heterocycles. The van der Waals surface area contributed by atoms with E-state index in [-0.39, 0.29) is 47.0 Å². The van der Waals surface area contributed by atoms with Crippen molar-refractivity contribution in [1.82, 2.24) is 0 Å². The number of aliphatic hydroxyl groups excluding tert-OH is 3. The monoisotopic (exact) mass is 490 g/mol. The van der Waals surface area contributed by atoms with Crippen molar-refractivity contribution in [1.29, 1.82) is 0 Å². The highest BCUT2D eigenvalue weighted by atomic mass is 16.4. The highest BCUT2D eigenvalue weighted by molar-refractivity contribution is 5.77. The fourth-order valence-electron chi connectivity index (χ4n) is 10.7. The van der Waals surface area contributed by atoms with Gasteiger partial charge in [-0.3, -0.25) is 4.79 Å². The van der Waals surface area contributed by atoms with Crippen LogP contribution in [0.25, 0.3) is 0 Å². The Morgan fingerprint density at radius 3 is 2.29 bits per heavy atom. The molecule has 5 N–H and O–H groups in total. The maximum Gasteiger partial charge on any atom is 0.310 e. The molecule has 0 bridgehead atoms. The Hall–Kier alpha value is -0.950. The summed E-state index contributed by atoms with van der Waals surface area (Å²) in [6.07, 6.45) is 6.34. The van der Waals surface area contributed by atoms with Crippen molar-refractivity contribution in [2.24, 2.45) is 51.2 Å². The molecule has 4 saturated carbocycles. The van der Waals surface area contributed by atoms with Crippen molar-refractivity contribution in [2.75, 3.05) is 6.61 Å². The molecule has 0 heterocycles. The summed E-state index contributed by atoms with van der Waals surface area (Å²) < 4.78 is 0. The third-order valence-electron chi connectivity index (χ3n) is 12.8. The first-order valence-corrected chi connectivity index (χ1v) is 13.8. The lowest BCUT2D eigenvalue weighted by Crippen LogP contribution is -2.67. The summed E-state index contributed by atoms with van der Waals surface area (Å²) in [7, 11) is 0. The smallest absolute Gasteiger partial charge is 0.310 e. The van der Waals surface area contributed by atoms with E-state index in [0.717, 1.165) is 37.7 Å². The van der Waals surface area contributed by atoms with Crippen LogP contribution in [0.1, 0.15) is 86.0 Å². The quantitative estimate of drug-likeness (QED) is 0.376. The Labute approximate surface area is 209 Å². The Balaban J connectivity index is 1.60. The minimum absolute atomic E-state index is 0.0404. The Morgan fingerprint density at radius 1 is 1.00 bits per heavy atom. The fourth-order valence-corrected chi connectivity index (χ4v) is 10.7. The molecule has 0 aromatic carbocycles. The third kappa shape index (κ3) is 3.06. The molecule has 6 nitrogen and oxygen atoms in total. The standard InChI is InChI=1S/C29H46O6/c1-16-8-12-29(24(33)34)13-9-18-17(22(29)28(16,5)35)6-7-20-25(18,2)11-10-21-26(20,3)14-19(31)23(32)27(21,4)15-30/h6,16,18-23,30-32,35H,7-15H2,1-5H3,(H,33,34)/t16-,18-,19+,20+,21-,22-,23+,25+,26-,27-,28-,29+/m1/s1. The number of rotatable bonds is 2. The predicted octanol–water partition coefficient (Wildman–Crippen LogP) is 3.76. The van der Waals surface area contributed by atoms with Crippen molar-refractivity contribution < 1.29 is 30.3 Å². The van der Waals surface area contributed by atoms with Crippen LogP contribution >= 0.6 is 0 Å². The van der Waals surface area contributed by atoms with Gasteiger partial charge in [0.2, 0.25) is 0 Å². The van der Waals surface area contributed by atoms with Crippen LogP contribution in [0.4, 0.5) is 0 Å². The van der Waals surface area contributed by atoms with E-state index in [1.165, 1.54) is 0 Å². The molecule has 5 aliphatic carbocycles. The minimum Gasteiger partial charge on any atom is -0.481 e. The molecular formula is C29H46O6. The Bertz CT molecular complexity index is 928. The number of carboxylic acids is 1. The zero-order valence-corrected chi connectivity index (χ0v) is 22.1. The SMILES string of the molecule is C[C@@H]1CC[C@]2(C(=O)O)CC[C@@H]3C(=CC[C@@H]4[C@@]5(C)C[C@H](O)[C@H](O)[C@](C)(CO)[C@@H]5CC[C@]43C)[C@@H]2[C@]1(C)O. The summed E-state index contributed by atoms with van der Waals surface area (Å²) in [5, 5.41) is 54.4. The predicted molar refractivity (Wildman–Crippen MR) is 132 cm³/mol. The van der Waals surface area contributed by atoms with E-state index in [1.807, 2.05) is 13.8 Å². The molecule has 198 valence electrons. The van der Waals surface area contributed by atoms with Gasteiger partial charge in [-0.1, -0.05) is 39.3 Å². The highest BCUT2D eigenvalue weighted by Crippen LogP contribution is 2.72. The average molecular weight is 491 g/mol.